The summed E-state index contributed by atoms with van der Waals surface area (Å²) in [5.74, 6) is -0.617. The largest absolute Gasteiger partial charge is 0.324 e. The van der Waals surface area contributed by atoms with Gasteiger partial charge in [0.2, 0.25) is 15.9 Å². The minimum atomic E-state index is -3.26. The number of carbonyl (C=O) groups is 1. The summed E-state index contributed by atoms with van der Waals surface area (Å²) in [4.78, 5) is 17.3. The number of sulfonamides is 1. The van der Waals surface area contributed by atoms with Crippen molar-refractivity contribution < 1.29 is 17.6 Å². The standard InChI is InChI=1S/C28H38FN5O3S/c29-25-18-32-19-26(33-27(35)16-28(12-5-13-31-20-28)21-6-2-1-3-7-21)24(25)9-4-8-22-17-30-14-15-34(22)38(36,37)23-10-11-23/h1-3,6-7,18-19,22-23,30-31H,4-5,8-17,20H2,(H,33,35)/t22-,28?/m0/s1. The fourth-order valence-electron chi connectivity index (χ4n) is 5.98. The summed E-state index contributed by atoms with van der Waals surface area (Å²) < 4.78 is 42.3. The number of carbonyl (C=O) groups excluding carboxylic acids is 1. The van der Waals surface area contributed by atoms with Gasteiger partial charge in [-0.1, -0.05) is 30.3 Å². The van der Waals surface area contributed by atoms with Crippen molar-refractivity contribution in [2.24, 2.45) is 0 Å². The maximum Gasteiger partial charge on any atom is 0.225 e. The molecule has 5 rings (SSSR count). The van der Waals surface area contributed by atoms with Gasteiger partial charge >= 0.3 is 0 Å². The molecule has 1 aromatic carbocycles. The molecule has 3 fully saturated rings. The van der Waals surface area contributed by atoms with Gasteiger partial charge in [-0.3, -0.25) is 9.78 Å². The number of anilines is 1. The van der Waals surface area contributed by atoms with E-state index in [-0.39, 0.29) is 22.6 Å². The van der Waals surface area contributed by atoms with Gasteiger partial charge in [0.1, 0.15) is 5.82 Å². The predicted octanol–water partition coefficient (Wildman–Crippen LogP) is 2.96. The van der Waals surface area contributed by atoms with Crippen LogP contribution in [0.4, 0.5) is 10.1 Å². The molecule has 1 saturated carbocycles. The van der Waals surface area contributed by atoms with Crippen LogP contribution in [0, 0.1) is 5.82 Å². The van der Waals surface area contributed by atoms with E-state index in [0.717, 1.165) is 37.8 Å². The van der Waals surface area contributed by atoms with E-state index in [1.807, 2.05) is 18.2 Å². The monoisotopic (exact) mass is 543 g/mol. The molecule has 3 N–H and O–H groups in total. The molecular weight excluding hydrogens is 505 g/mol. The molecule has 1 unspecified atom stereocenters. The minimum absolute atomic E-state index is 0.137. The molecule has 2 aromatic rings. The molecule has 1 aromatic heterocycles. The van der Waals surface area contributed by atoms with Crippen LogP contribution in [0.1, 0.15) is 56.1 Å². The molecule has 1 aliphatic carbocycles. The molecule has 0 bridgehead atoms. The number of benzene rings is 1. The Hall–Kier alpha value is -2.40. The van der Waals surface area contributed by atoms with Crippen LogP contribution in [-0.4, -0.2) is 67.6 Å². The lowest BCUT2D eigenvalue weighted by molar-refractivity contribution is -0.117. The highest BCUT2D eigenvalue weighted by atomic mass is 32.2. The normalized spacial score (nSPS) is 24.7. The number of nitrogens with one attached hydrogen (secondary N) is 3. The Kier molecular flexibility index (Phi) is 8.42. The summed E-state index contributed by atoms with van der Waals surface area (Å²) >= 11 is 0. The summed E-state index contributed by atoms with van der Waals surface area (Å²) in [6.07, 6.45) is 7.97. The second-order valence-electron chi connectivity index (χ2n) is 10.9. The van der Waals surface area contributed by atoms with Gasteiger partial charge in [-0.25, -0.2) is 12.8 Å². The third-order valence-electron chi connectivity index (χ3n) is 8.17. The Morgan fingerprint density at radius 3 is 2.71 bits per heavy atom. The average molecular weight is 544 g/mol. The molecule has 10 heteroatoms. The van der Waals surface area contributed by atoms with Crippen LogP contribution < -0.4 is 16.0 Å². The number of hydrogen-bond donors (Lipinski definition) is 3. The van der Waals surface area contributed by atoms with Gasteiger partial charge in [-0.05, 0) is 57.1 Å². The third-order valence-corrected chi connectivity index (χ3v) is 10.6. The Morgan fingerprint density at radius 1 is 1.16 bits per heavy atom. The molecule has 3 aliphatic rings. The van der Waals surface area contributed by atoms with Crippen LogP contribution >= 0.6 is 0 Å². The lowest BCUT2D eigenvalue weighted by Crippen LogP contribution is -2.54. The van der Waals surface area contributed by atoms with Crippen LogP contribution in [0.25, 0.3) is 0 Å². The lowest BCUT2D eigenvalue weighted by atomic mass is 9.72. The average Bonchev–Trinajstić information content (AvgIpc) is 3.78. The summed E-state index contributed by atoms with van der Waals surface area (Å²) in [6, 6.07) is 9.97. The zero-order valence-electron chi connectivity index (χ0n) is 21.8. The van der Waals surface area contributed by atoms with Crippen LogP contribution in [0.3, 0.4) is 0 Å². The van der Waals surface area contributed by atoms with Crippen molar-refractivity contribution in [1.29, 1.82) is 0 Å². The number of halogens is 1. The molecular formula is C28H38FN5O3S. The van der Waals surface area contributed by atoms with Crippen LogP contribution in [0.15, 0.2) is 42.7 Å². The summed E-state index contributed by atoms with van der Waals surface area (Å²) in [6.45, 7) is 3.38. The molecule has 206 valence electrons. The zero-order chi connectivity index (χ0) is 26.6. The van der Waals surface area contributed by atoms with Gasteiger partial charge in [-0.2, -0.15) is 4.31 Å². The molecule has 2 saturated heterocycles. The molecule has 0 radical (unpaired) electrons. The smallest absolute Gasteiger partial charge is 0.225 e. The van der Waals surface area contributed by atoms with Gasteiger partial charge in [0.15, 0.2) is 0 Å². The van der Waals surface area contributed by atoms with E-state index in [1.165, 1.54) is 12.4 Å². The first-order valence-electron chi connectivity index (χ1n) is 13.8. The Labute approximate surface area is 224 Å². The van der Waals surface area contributed by atoms with Gasteiger partial charge in [0.25, 0.3) is 0 Å². The third kappa shape index (κ3) is 6.09. The second kappa shape index (κ2) is 11.8. The van der Waals surface area contributed by atoms with E-state index in [9.17, 15) is 17.6 Å². The maximum atomic E-state index is 14.9. The second-order valence-corrected chi connectivity index (χ2v) is 13.1. The van der Waals surface area contributed by atoms with Gasteiger partial charge in [0.05, 0.1) is 23.3 Å². The van der Waals surface area contributed by atoms with Crippen molar-refractivity contribution in [3.63, 3.8) is 0 Å². The zero-order valence-corrected chi connectivity index (χ0v) is 22.6. The number of aromatic nitrogens is 1. The number of rotatable bonds is 10. The fraction of sp³-hybridized carbons (Fsp3) is 0.571. The Balaban J connectivity index is 1.24. The summed E-state index contributed by atoms with van der Waals surface area (Å²) in [5, 5.41) is 9.46. The topological polar surface area (TPSA) is 103 Å². The first-order valence-corrected chi connectivity index (χ1v) is 15.3. The van der Waals surface area contributed by atoms with E-state index in [4.69, 9.17) is 0 Å². The number of nitrogens with zero attached hydrogens (tertiary/aromatic N) is 2. The fourth-order valence-corrected chi connectivity index (χ4v) is 8.04. The lowest BCUT2D eigenvalue weighted by Gasteiger charge is -2.38. The molecule has 3 heterocycles. The molecule has 8 nitrogen and oxygen atoms in total. The molecule has 2 atom stereocenters. The number of pyridine rings is 1. The predicted molar refractivity (Wildman–Crippen MR) is 146 cm³/mol. The van der Waals surface area contributed by atoms with Crippen LogP contribution in [0.5, 0.6) is 0 Å². The molecule has 1 amide bonds. The Morgan fingerprint density at radius 2 is 1.97 bits per heavy atom. The number of amides is 1. The van der Waals surface area contributed by atoms with Crippen molar-refractivity contribution in [2.75, 3.05) is 38.0 Å². The summed E-state index contributed by atoms with van der Waals surface area (Å²) in [7, 11) is -3.26. The van der Waals surface area contributed by atoms with Crippen molar-refractivity contribution >= 4 is 21.6 Å². The van der Waals surface area contributed by atoms with E-state index in [2.05, 4.69) is 33.1 Å². The quantitative estimate of drug-likeness (QED) is 0.426. The summed E-state index contributed by atoms with van der Waals surface area (Å²) in [5.41, 5.74) is 1.64. The highest BCUT2D eigenvalue weighted by Gasteiger charge is 2.43. The molecule has 2 aliphatic heterocycles. The maximum absolute atomic E-state index is 14.9. The highest BCUT2D eigenvalue weighted by molar-refractivity contribution is 7.90. The molecule has 38 heavy (non-hydrogen) atoms. The first kappa shape index (κ1) is 27.2. The van der Waals surface area contributed by atoms with Gasteiger partial charge < -0.3 is 16.0 Å². The number of hydrogen-bond acceptors (Lipinski definition) is 6. The van der Waals surface area contributed by atoms with Crippen molar-refractivity contribution in [3.8, 4) is 0 Å². The van der Waals surface area contributed by atoms with Gasteiger partial charge in [0, 0.05) is 49.6 Å². The van der Waals surface area contributed by atoms with Crippen molar-refractivity contribution in [2.45, 2.75) is 68.1 Å². The number of piperidine rings is 1. The van der Waals surface area contributed by atoms with E-state index in [0.29, 0.717) is 63.1 Å². The SMILES string of the molecule is O=C(CC1(c2ccccc2)CCCNC1)Nc1cncc(F)c1CCC[C@H]1CNCCN1S(=O)(=O)C1CC1. The van der Waals surface area contributed by atoms with Crippen molar-refractivity contribution in [1.82, 2.24) is 19.9 Å². The van der Waals surface area contributed by atoms with Crippen LogP contribution in [-0.2, 0) is 26.7 Å². The minimum Gasteiger partial charge on any atom is -0.324 e. The van der Waals surface area contributed by atoms with Crippen molar-refractivity contribution in [3.05, 3.63) is 59.7 Å². The van der Waals surface area contributed by atoms with E-state index >= 15 is 0 Å². The number of piperazine rings is 1. The van der Waals surface area contributed by atoms with Gasteiger partial charge in [-0.15, -0.1) is 0 Å². The Bertz CT molecular complexity index is 1220. The highest BCUT2D eigenvalue weighted by Crippen LogP contribution is 2.36. The first-order chi connectivity index (χ1) is 18.4. The molecule has 0 spiro atoms. The van der Waals surface area contributed by atoms with Crippen LogP contribution in [0.2, 0.25) is 0 Å². The van der Waals surface area contributed by atoms with E-state index < -0.39 is 15.8 Å². The van der Waals surface area contributed by atoms with E-state index in [1.54, 1.807) is 4.31 Å².